The number of carbonyl (C=O) groups excluding carboxylic acids is 2. The molecular formula is C23H19N5O3. The molecule has 0 aliphatic carbocycles. The molecule has 1 aliphatic heterocycles. The number of H-pyrrole nitrogens is 1. The van der Waals surface area contributed by atoms with Crippen molar-refractivity contribution < 1.29 is 9.59 Å². The largest absolute Gasteiger partial charge is 0.364 e. The van der Waals surface area contributed by atoms with E-state index in [-0.39, 0.29) is 11.3 Å². The average molecular weight is 413 g/mol. The van der Waals surface area contributed by atoms with Crippen molar-refractivity contribution in [1.82, 2.24) is 9.55 Å². The maximum Gasteiger partial charge on any atom is 0.274 e. The van der Waals surface area contributed by atoms with E-state index in [0.29, 0.717) is 35.1 Å². The number of aromatic amines is 1. The van der Waals surface area contributed by atoms with Crippen LogP contribution in [0, 0.1) is 0 Å². The summed E-state index contributed by atoms with van der Waals surface area (Å²) in [5.74, 6) is -0.624. The zero-order valence-electron chi connectivity index (χ0n) is 16.7. The number of aryl methyl sites for hydroxylation is 1. The van der Waals surface area contributed by atoms with Gasteiger partial charge in [-0.15, -0.1) is 0 Å². The van der Waals surface area contributed by atoms with E-state index in [1.165, 1.54) is 4.57 Å². The first-order valence-electron chi connectivity index (χ1n) is 9.70. The van der Waals surface area contributed by atoms with Gasteiger partial charge >= 0.3 is 0 Å². The number of hydrogen-bond donors (Lipinski definition) is 3. The Kier molecular flexibility index (Phi) is 4.14. The summed E-state index contributed by atoms with van der Waals surface area (Å²) in [6.45, 7) is 0.343. The molecule has 154 valence electrons. The molecule has 2 aromatic carbocycles. The highest BCUT2D eigenvalue weighted by molar-refractivity contribution is 6.08. The lowest BCUT2D eigenvalue weighted by Crippen LogP contribution is -2.20. The van der Waals surface area contributed by atoms with Gasteiger partial charge in [-0.2, -0.15) is 0 Å². The lowest BCUT2D eigenvalue weighted by atomic mass is 10.00. The number of pyridine rings is 1. The molecular weight excluding hydrogens is 394 g/mol. The molecule has 1 aliphatic rings. The Bertz CT molecular complexity index is 1420. The molecule has 5 rings (SSSR count). The van der Waals surface area contributed by atoms with Crippen LogP contribution in [0.1, 0.15) is 16.1 Å². The topological polar surface area (TPSA) is 113 Å². The van der Waals surface area contributed by atoms with Crippen LogP contribution in [0.5, 0.6) is 0 Å². The molecule has 31 heavy (non-hydrogen) atoms. The lowest BCUT2D eigenvalue weighted by Gasteiger charge is -2.26. The minimum Gasteiger partial charge on any atom is -0.364 e. The van der Waals surface area contributed by atoms with E-state index in [1.54, 1.807) is 13.2 Å². The summed E-state index contributed by atoms with van der Waals surface area (Å²) < 4.78 is 1.48. The van der Waals surface area contributed by atoms with Crippen molar-refractivity contribution in [2.24, 2.45) is 12.8 Å². The SMILES string of the molecule is Cn1cc2c3c(c(C(N)=O)[nH]c3c1=O)CN(c1ccccc1)c1ccc(NC=O)cc1-2. The van der Waals surface area contributed by atoms with Crippen LogP contribution < -0.4 is 21.5 Å². The van der Waals surface area contributed by atoms with Crippen LogP contribution in [0.4, 0.5) is 17.1 Å². The van der Waals surface area contributed by atoms with Gasteiger partial charge in [-0.3, -0.25) is 14.4 Å². The molecule has 8 heteroatoms. The first-order chi connectivity index (χ1) is 15.0. The molecule has 2 amide bonds. The van der Waals surface area contributed by atoms with Crippen molar-refractivity contribution in [3.63, 3.8) is 0 Å². The molecule has 0 saturated carbocycles. The Morgan fingerprint density at radius 3 is 2.65 bits per heavy atom. The van der Waals surface area contributed by atoms with Crippen LogP contribution in [0.15, 0.2) is 59.5 Å². The number of primary amides is 1. The maximum atomic E-state index is 12.9. The normalized spacial score (nSPS) is 12.4. The number of carbonyl (C=O) groups is 2. The van der Waals surface area contributed by atoms with E-state index in [4.69, 9.17) is 5.73 Å². The highest BCUT2D eigenvalue weighted by Crippen LogP contribution is 2.45. The number of aromatic nitrogens is 2. The van der Waals surface area contributed by atoms with Crippen LogP contribution in [-0.4, -0.2) is 21.9 Å². The number of benzene rings is 2. The third-order valence-electron chi connectivity index (χ3n) is 5.66. The number of fused-ring (bicyclic) bond motifs is 2. The van der Waals surface area contributed by atoms with Gasteiger partial charge in [-0.05, 0) is 30.3 Å². The molecule has 0 unspecified atom stereocenters. The van der Waals surface area contributed by atoms with Crippen LogP contribution >= 0.6 is 0 Å². The van der Waals surface area contributed by atoms with Gasteiger partial charge in [-0.25, -0.2) is 0 Å². The fourth-order valence-electron chi connectivity index (χ4n) is 4.29. The Labute approximate surface area is 176 Å². The second-order valence-corrected chi connectivity index (χ2v) is 7.47. The van der Waals surface area contributed by atoms with E-state index in [0.717, 1.165) is 22.5 Å². The highest BCUT2D eigenvalue weighted by Gasteiger charge is 2.29. The number of hydrogen-bond acceptors (Lipinski definition) is 4. The van der Waals surface area contributed by atoms with Gasteiger partial charge < -0.3 is 25.5 Å². The molecule has 2 aromatic heterocycles. The predicted octanol–water partition coefficient (Wildman–Crippen LogP) is 2.85. The van der Waals surface area contributed by atoms with Crippen molar-refractivity contribution in [2.75, 3.05) is 10.2 Å². The van der Waals surface area contributed by atoms with Crippen molar-refractivity contribution >= 4 is 40.3 Å². The Morgan fingerprint density at radius 1 is 1.16 bits per heavy atom. The molecule has 8 nitrogen and oxygen atoms in total. The number of nitrogens with two attached hydrogens (primary N) is 1. The van der Waals surface area contributed by atoms with Crippen molar-refractivity contribution in [1.29, 1.82) is 0 Å². The molecule has 0 bridgehead atoms. The second-order valence-electron chi connectivity index (χ2n) is 7.47. The quantitative estimate of drug-likeness (QED) is 0.447. The summed E-state index contributed by atoms with van der Waals surface area (Å²) >= 11 is 0. The number of nitrogens with one attached hydrogen (secondary N) is 2. The van der Waals surface area contributed by atoms with Crippen LogP contribution in [0.25, 0.3) is 22.0 Å². The van der Waals surface area contributed by atoms with Gasteiger partial charge in [0.15, 0.2) is 0 Å². The molecule has 4 N–H and O–H groups in total. The number of nitrogens with zero attached hydrogens (tertiary/aromatic N) is 2. The number of anilines is 3. The van der Waals surface area contributed by atoms with Crippen molar-refractivity contribution in [2.45, 2.75) is 6.54 Å². The molecule has 4 aromatic rings. The third-order valence-corrected chi connectivity index (χ3v) is 5.66. The average Bonchev–Trinajstić information content (AvgIpc) is 3.09. The standard InChI is InChI=1S/C23H19N5O3/c1-27-10-16-15-9-13(25-12-29)7-8-18(15)28(14-5-3-2-4-6-14)11-17-19(16)21(23(27)31)26-20(17)22(24)30/h2-10,12,26H,11H2,1H3,(H2,24,30)(H,25,29). The first-order valence-corrected chi connectivity index (χ1v) is 9.70. The molecule has 0 atom stereocenters. The highest BCUT2D eigenvalue weighted by atomic mass is 16.1. The van der Waals surface area contributed by atoms with Crippen LogP contribution in [0.2, 0.25) is 0 Å². The molecule has 0 fully saturated rings. The zero-order chi connectivity index (χ0) is 21.7. The van der Waals surface area contributed by atoms with Crippen LogP contribution in [0.3, 0.4) is 0 Å². The van der Waals surface area contributed by atoms with E-state index < -0.39 is 5.91 Å². The van der Waals surface area contributed by atoms with Crippen molar-refractivity contribution in [3.05, 3.63) is 76.3 Å². The van der Waals surface area contributed by atoms with E-state index in [2.05, 4.69) is 15.2 Å². The molecule has 3 heterocycles. The van der Waals surface area contributed by atoms with Gasteiger partial charge in [0.1, 0.15) is 11.2 Å². The minimum absolute atomic E-state index is 0.222. The number of amides is 2. The summed E-state index contributed by atoms with van der Waals surface area (Å²) in [5.41, 5.74) is 10.7. The fraction of sp³-hybridized carbons (Fsp3) is 0.0870. The smallest absolute Gasteiger partial charge is 0.274 e. The lowest BCUT2D eigenvalue weighted by molar-refractivity contribution is -0.105. The Hall–Kier alpha value is -4.33. The Balaban J connectivity index is 1.92. The van der Waals surface area contributed by atoms with Crippen molar-refractivity contribution in [3.8, 4) is 11.1 Å². The summed E-state index contributed by atoms with van der Waals surface area (Å²) in [5, 5.41) is 3.36. The van der Waals surface area contributed by atoms with Gasteiger partial charge in [0.2, 0.25) is 6.41 Å². The molecule has 0 radical (unpaired) electrons. The van der Waals surface area contributed by atoms with Gasteiger partial charge in [-0.1, -0.05) is 18.2 Å². The summed E-state index contributed by atoms with van der Waals surface area (Å²) in [6, 6.07) is 15.4. The Morgan fingerprint density at radius 2 is 1.94 bits per heavy atom. The second kappa shape index (κ2) is 6.88. The predicted molar refractivity (Wildman–Crippen MR) is 119 cm³/mol. The van der Waals surface area contributed by atoms with E-state index in [9.17, 15) is 14.4 Å². The molecule has 0 saturated heterocycles. The van der Waals surface area contributed by atoms with Gasteiger partial charge in [0.05, 0.1) is 6.54 Å². The van der Waals surface area contributed by atoms with Crippen LogP contribution in [-0.2, 0) is 18.4 Å². The monoisotopic (exact) mass is 413 g/mol. The number of para-hydroxylation sites is 1. The molecule has 0 spiro atoms. The zero-order valence-corrected chi connectivity index (χ0v) is 16.7. The van der Waals surface area contributed by atoms with E-state index >= 15 is 0 Å². The fourth-order valence-corrected chi connectivity index (χ4v) is 4.29. The van der Waals surface area contributed by atoms with Gasteiger partial charge in [0, 0.05) is 52.4 Å². The maximum absolute atomic E-state index is 12.9. The first kappa shape index (κ1) is 18.7. The summed E-state index contributed by atoms with van der Waals surface area (Å²) in [4.78, 5) is 41.2. The summed E-state index contributed by atoms with van der Waals surface area (Å²) in [6.07, 6.45) is 2.38. The summed E-state index contributed by atoms with van der Waals surface area (Å²) in [7, 11) is 1.66. The minimum atomic E-state index is -0.624. The van der Waals surface area contributed by atoms with E-state index in [1.807, 2.05) is 48.5 Å². The number of rotatable bonds is 4. The third kappa shape index (κ3) is 2.80. The van der Waals surface area contributed by atoms with Gasteiger partial charge in [0.25, 0.3) is 11.5 Å².